The van der Waals surface area contributed by atoms with Crippen LogP contribution in [0.25, 0.3) is 0 Å². The van der Waals surface area contributed by atoms with Crippen LogP contribution in [0.4, 0.5) is 8.78 Å². The van der Waals surface area contributed by atoms with Gasteiger partial charge in [0.1, 0.15) is 11.6 Å². The van der Waals surface area contributed by atoms with Crippen LogP contribution in [0.2, 0.25) is 0 Å². The summed E-state index contributed by atoms with van der Waals surface area (Å²) in [6.07, 6.45) is 3.38. The molecule has 1 aliphatic rings. The number of likely N-dealkylation sites (tertiary alicyclic amines) is 1. The van der Waals surface area contributed by atoms with Gasteiger partial charge in [-0.1, -0.05) is 24.3 Å². The van der Waals surface area contributed by atoms with Crippen LogP contribution in [-0.2, 0) is 17.8 Å². The largest absolute Gasteiger partial charge is 0.356 e. The number of carbonyl (C=O) groups is 1. The van der Waals surface area contributed by atoms with Gasteiger partial charge >= 0.3 is 0 Å². The van der Waals surface area contributed by atoms with Crippen LogP contribution in [0, 0.1) is 17.6 Å². The van der Waals surface area contributed by atoms with Gasteiger partial charge in [0.2, 0.25) is 5.91 Å². The molecule has 1 amide bonds. The number of hydrogen-bond acceptors (Lipinski definition) is 2. The van der Waals surface area contributed by atoms with E-state index < -0.39 is 0 Å². The first-order chi connectivity index (χ1) is 13.1. The zero-order chi connectivity index (χ0) is 19.1. The van der Waals surface area contributed by atoms with Crippen molar-refractivity contribution < 1.29 is 13.6 Å². The molecule has 27 heavy (non-hydrogen) atoms. The van der Waals surface area contributed by atoms with Crippen LogP contribution in [-0.4, -0.2) is 30.4 Å². The molecular formula is C22H26F2N2O. The Bertz CT molecular complexity index is 723. The highest BCUT2D eigenvalue weighted by atomic mass is 19.1. The molecule has 2 aromatic carbocycles. The maximum Gasteiger partial charge on any atom is 0.223 e. The summed E-state index contributed by atoms with van der Waals surface area (Å²) < 4.78 is 25.8. The molecule has 3 nitrogen and oxygen atoms in total. The minimum Gasteiger partial charge on any atom is -0.356 e. The summed E-state index contributed by atoms with van der Waals surface area (Å²) in [5.41, 5.74) is 2.18. The Morgan fingerprint density at radius 1 is 0.926 bits per heavy atom. The highest BCUT2D eigenvalue weighted by Gasteiger charge is 2.24. The monoisotopic (exact) mass is 372 g/mol. The van der Waals surface area contributed by atoms with Crippen LogP contribution in [0.15, 0.2) is 48.5 Å². The van der Waals surface area contributed by atoms with Gasteiger partial charge < -0.3 is 5.32 Å². The van der Waals surface area contributed by atoms with Crippen molar-refractivity contribution in [3.05, 3.63) is 71.3 Å². The lowest BCUT2D eigenvalue weighted by atomic mass is 9.95. The summed E-state index contributed by atoms with van der Waals surface area (Å²) in [4.78, 5) is 14.6. The minimum absolute atomic E-state index is 0.0697. The molecule has 3 rings (SSSR count). The number of piperidine rings is 1. The van der Waals surface area contributed by atoms with E-state index in [1.165, 1.54) is 24.3 Å². The molecule has 0 radical (unpaired) electrons. The number of benzene rings is 2. The van der Waals surface area contributed by atoms with E-state index in [1.807, 2.05) is 12.1 Å². The van der Waals surface area contributed by atoms with Crippen molar-refractivity contribution in [2.75, 3.05) is 19.6 Å². The molecule has 0 bridgehead atoms. The summed E-state index contributed by atoms with van der Waals surface area (Å²) in [6, 6.07) is 13.1. The number of hydrogen-bond donors (Lipinski definition) is 1. The number of carbonyl (C=O) groups excluding carboxylic acids is 1. The van der Waals surface area contributed by atoms with Gasteiger partial charge in [-0.25, -0.2) is 8.78 Å². The second-order valence-corrected chi connectivity index (χ2v) is 7.20. The molecule has 0 aliphatic carbocycles. The molecule has 5 heteroatoms. The first kappa shape index (κ1) is 19.5. The fourth-order valence-electron chi connectivity index (χ4n) is 3.50. The third kappa shape index (κ3) is 6.14. The SMILES string of the molecule is O=C(NCCCc1ccc(F)cc1)C1CCN(Cc2ccc(F)cc2)CC1. The molecule has 1 saturated heterocycles. The standard InChI is InChI=1S/C22H26F2N2O/c23-20-7-3-17(4-8-20)2-1-13-25-22(27)19-11-14-26(15-12-19)16-18-5-9-21(24)10-6-18/h3-10,19H,1-2,11-16H2,(H,25,27). The van der Waals surface area contributed by atoms with Crippen molar-refractivity contribution in [1.82, 2.24) is 10.2 Å². The Morgan fingerprint density at radius 3 is 2.07 bits per heavy atom. The van der Waals surface area contributed by atoms with Gasteiger partial charge in [0.25, 0.3) is 0 Å². The van der Waals surface area contributed by atoms with E-state index >= 15 is 0 Å². The Kier molecular flexibility index (Phi) is 6.93. The van der Waals surface area contributed by atoms with Gasteiger partial charge in [-0.05, 0) is 74.2 Å². The number of nitrogens with zero attached hydrogens (tertiary/aromatic N) is 1. The van der Waals surface area contributed by atoms with Gasteiger partial charge in [-0.2, -0.15) is 0 Å². The fraction of sp³-hybridized carbons (Fsp3) is 0.409. The lowest BCUT2D eigenvalue weighted by Gasteiger charge is -2.31. The summed E-state index contributed by atoms with van der Waals surface area (Å²) >= 11 is 0. The molecule has 1 aliphatic heterocycles. The predicted molar refractivity (Wildman–Crippen MR) is 102 cm³/mol. The average Bonchev–Trinajstić information content (AvgIpc) is 2.69. The van der Waals surface area contributed by atoms with Gasteiger partial charge in [0, 0.05) is 19.0 Å². The summed E-state index contributed by atoms with van der Waals surface area (Å²) in [5, 5.41) is 3.03. The van der Waals surface area contributed by atoms with Crippen LogP contribution < -0.4 is 5.32 Å². The van der Waals surface area contributed by atoms with Crippen molar-refractivity contribution >= 4 is 5.91 Å². The van der Waals surface area contributed by atoms with Crippen molar-refractivity contribution in [2.24, 2.45) is 5.92 Å². The molecule has 1 N–H and O–H groups in total. The Balaban J connectivity index is 1.33. The van der Waals surface area contributed by atoms with Crippen molar-refractivity contribution in [3.8, 4) is 0 Å². The first-order valence-electron chi connectivity index (χ1n) is 9.59. The highest BCUT2D eigenvalue weighted by molar-refractivity contribution is 5.78. The quantitative estimate of drug-likeness (QED) is 0.747. The molecule has 0 atom stereocenters. The molecule has 144 valence electrons. The van der Waals surface area contributed by atoms with Gasteiger partial charge in [0.15, 0.2) is 0 Å². The van der Waals surface area contributed by atoms with E-state index in [-0.39, 0.29) is 23.5 Å². The lowest BCUT2D eigenvalue weighted by molar-refractivity contribution is -0.126. The third-order valence-electron chi connectivity index (χ3n) is 5.13. The number of rotatable bonds is 7. The summed E-state index contributed by atoms with van der Waals surface area (Å²) in [7, 11) is 0. The maximum atomic E-state index is 13.0. The van der Waals surface area contributed by atoms with Crippen LogP contribution in [0.5, 0.6) is 0 Å². The molecule has 0 spiro atoms. The highest BCUT2D eigenvalue weighted by Crippen LogP contribution is 2.19. The normalized spacial score (nSPS) is 15.6. The van der Waals surface area contributed by atoms with Crippen molar-refractivity contribution in [2.45, 2.75) is 32.2 Å². The van der Waals surface area contributed by atoms with Crippen LogP contribution in [0.3, 0.4) is 0 Å². The lowest BCUT2D eigenvalue weighted by Crippen LogP contribution is -2.40. The molecule has 1 fully saturated rings. The van der Waals surface area contributed by atoms with E-state index in [0.29, 0.717) is 6.54 Å². The Hall–Kier alpha value is -2.27. The van der Waals surface area contributed by atoms with E-state index in [4.69, 9.17) is 0 Å². The zero-order valence-corrected chi connectivity index (χ0v) is 15.5. The molecule has 0 saturated carbocycles. The number of halogens is 2. The Morgan fingerprint density at radius 2 is 1.48 bits per heavy atom. The average molecular weight is 372 g/mol. The molecular weight excluding hydrogens is 346 g/mol. The smallest absolute Gasteiger partial charge is 0.223 e. The van der Waals surface area contributed by atoms with Gasteiger partial charge in [0.05, 0.1) is 0 Å². The maximum absolute atomic E-state index is 13.0. The fourth-order valence-corrected chi connectivity index (χ4v) is 3.50. The molecule has 1 heterocycles. The minimum atomic E-state index is -0.224. The van der Waals surface area contributed by atoms with E-state index in [9.17, 15) is 13.6 Å². The number of amides is 1. The Labute approximate surface area is 159 Å². The summed E-state index contributed by atoms with van der Waals surface area (Å²) in [5.74, 6) is -0.234. The second-order valence-electron chi connectivity index (χ2n) is 7.20. The van der Waals surface area contributed by atoms with Crippen molar-refractivity contribution in [3.63, 3.8) is 0 Å². The van der Waals surface area contributed by atoms with Crippen LogP contribution >= 0.6 is 0 Å². The van der Waals surface area contributed by atoms with Crippen LogP contribution in [0.1, 0.15) is 30.4 Å². The van der Waals surface area contributed by atoms with E-state index in [0.717, 1.165) is 56.4 Å². The predicted octanol–water partition coefficient (Wildman–Crippen LogP) is 3.93. The van der Waals surface area contributed by atoms with Crippen molar-refractivity contribution in [1.29, 1.82) is 0 Å². The van der Waals surface area contributed by atoms with E-state index in [1.54, 1.807) is 12.1 Å². The van der Waals surface area contributed by atoms with Gasteiger partial charge in [-0.15, -0.1) is 0 Å². The van der Waals surface area contributed by atoms with Gasteiger partial charge in [-0.3, -0.25) is 9.69 Å². The molecule has 0 unspecified atom stereocenters. The number of nitrogens with one attached hydrogen (secondary N) is 1. The molecule has 0 aromatic heterocycles. The first-order valence-corrected chi connectivity index (χ1v) is 9.59. The topological polar surface area (TPSA) is 32.3 Å². The second kappa shape index (κ2) is 9.60. The molecule has 2 aromatic rings. The zero-order valence-electron chi connectivity index (χ0n) is 15.5. The third-order valence-corrected chi connectivity index (χ3v) is 5.13. The van der Waals surface area contributed by atoms with E-state index in [2.05, 4.69) is 10.2 Å². The summed E-state index contributed by atoms with van der Waals surface area (Å²) in [6.45, 7) is 3.20. The number of aryl methyl sites for hydroxylation is 1.